The lowest BCUT2D eigenvalue weighted by atomic mass is 10.1. The van der Waals surface area contributed by atoms with Gasteiger partial charge in [-0.1, -0.05) is 19.6 Å². The predicted molar refractivity (Wildman–Crippen MR) is 125 cm³/mol. The first-order chi connectivity index (χ1) is 15.3. The van der Waals surface area contributed by atoms with Gasteiger partial charge in [-0.25, -0.2) is 14.4 Å². The Morgan fingerprint density at radius 3 is 2.75 bits per heavy atom. The first kappa shape index (κ1) is 22.4. The maximum absolute atomic E-state index is 13.2. The molecule has 0 radical (unpaired) electrons. The summed E-state index contributed by atoms with van der Waals surface area (Å²) in [6.45, 7) is 7.95. The number of fused-ring (bicyclic) bond motifs is 1. The van der Waals surface area contributed by atoms with Crippen molar-refractivity contribution in [1.82, 2.24) is 14.5 Å². The van der Waals surface area contributed by atoms with Crippen LogP contribution in [-0.2, 0) is 16.3 Å². The van der Waals surface area contributed by atoms with Gasteiger partial charge in [0.15, 0.2) is 0 Å². The summed E-state index contributed by atoms with van der Waals surface area (Å²) < 4.78 is 26.6. The van der Waals surface area contributed by atoms with E-state index >= 15 is 0 Å². The number of amides is 1. The maximum atomic E-state index is 13.2. The van der Waals surface area contributed by atoms with Crippen molar-refractivity contribution < 1.29 is 18.7 Å². The van der Waals surface area contributed by atoms with Crippen LogP contribution in [0.3, 0.4) is 0 Å². The van der Waals surface area contributed by atoms with Gasteiger partial charge < -0.3 is 19.4 Å². The molecule has 1 N–H and O–H groups in total. The first-order valence-electron chi connectivity index (χ1n) is 10.8. The Kier molecular flexibility index (Phi) is 6.30. The van der Waals surface area contributed by atoms with Gasteiger partial charge in [0, 0.05) is 43.6 Å². The van der Waals surface area contributed by atoms with Gasteiger partial charge in [-0.15, -0.1) is 0 Å². The lowest BCUT2D eigenvalue weighted by Crippen LogP contribution is -2.22. The lowest BCUT2D eigenvalue weighted by molar-refractivity contribution is -0.117. The Balaban J connectivity index is 1.66. The lowest BCUT2D eigenvalue weighted by Gasteiger charge is -2.15. The number of methoxy groups -OCH3 is 1. The van der Waals surface area contributed by atoms with Crippen molar-refractivity contribution in [3.05, 3.63) is 36.7 Å². The molecule has 170 valence electrons. The zero-order valence-corrected chi connectivity index (χ0v) is 19.9. The summed E-state index contributed by atoms with van der Waals surface area (Å²) in [5.41, 5.74) is 2.43. The molecule has 32 heavy (non-hydrogen) atoms. The molecule has 0 aliphatic heterocycles. The summed E-state index contributed by atoms with van der Waals surface area (Å²) in [5.74, 6) is 0.0152. The van der Waals surface area contributed by atoms with Gasteiger partial charge in [0.1, 0.15) is 24.4 Å². The van der Waals surface area contributed by atoms with Crippen molar-refractivity contribution in [1.29, 1.82) is 0 Å². The zero-order valence-electron chi connectivity index (χ0n) is 18.9. The Labute approximate surface area is 188 Å². The van der Waals surface area contributed by atoms with E-state index in [1.807, 2.05) is 29.0 Å². The Bertz CT molecular complexity index is 1130. The summed E-state index contributed by atoms with van der Waals surface area (Å²) in [4.78, 5) is 21.1. The van der Waals surface area contributed by atoms with E-state index in [0.717, 1.165) is 22.6 Å². The number of nitrogens with one attached hydrogen (secondary N) is 1. The summed E-state index contributed by atoms with van der Waals surface area (Å²) >= 11 is 0. The number of hydrogen-bond acceptors (Lipinski definition) is 5. The normalized spacial score (nSPS) is 18.0. The maximum Gasteiger partial charge on any atom is 0.231 e. The number of nitrogens with zero attached hydrogens (tertiary/aromatic N) is 3. The van der Waals surface area contributed by atoms with Crippen molar-refractivity contribution >= 4 is 30.8 Å². The molecule has 0 unspecified atom stereocenters. The van der Waals surface area contributed by atoms with Crippen LogP contribution in [0.1, 0.15) is 6.42 Å². The van der Waals surface area contributed by atoms with Crippen molar-refractivity contribution in [2.45, 2.75) is 45.0 Å². The van der Waals surface area contributed by atoms with Crippen molar-refractivity contribution in [2.75, 3.05) is 19.0 Å². The molecule has 0 bridgehead atoms. The molecule has 1 aliphatic rings. The number of hydrogen-bond donors (Lipinski definition) is 1. The number of aromatic nitrogens is 3. The summed E-state index contributed by atoms with van der Waals surface area (Å²) in [6.07, 6.45) is 2.88. The number of alkyl halides is 1. The largest absolute Gasteiger partial charge is 0.481 e. The highest BCUT2D eigenvalue weighted by atomic mass is 28.3. The van der Waals surface area contributed by atoms with Gasteiger partial charge in [-0.3, -0.25) is 4.79 Å². The van der Waals surface area contributed by atoms with Crippen LogP contribution in [0.4, 0.5) is 10.2 Å². The van der Waals surface area contributed by atoms with Gasteiger partial charge in [0.25, 0.3) is 0 Å². The van der Waals surface area contributed by atoms with Crippen LogP contribution in [0.2, 0.25) is 25.7 Å². The number of pyridine rings is 2. The second kappa shape index (κ2) is 8.99. The number of halogens is 1. The molecule has 0 aromatic carbocycles. The fraction of sp³-hybridized carbons (Fsp3) is 0.435. The minimum atomic E-state index is -1.20. The van der Waals surface area contributed by atoms with E-state index in [0.29, 0.717) is 30.7 Å². The molecule has 2 atom stereocenters. The average Bonchev–Trinajstić information content (AvgIpc) is 3.39. The molecule has 0 spiro atoms. The number of ether oxygens (including phenoxy) is 2. The molecule has 9 heteroatoms. The number of carbonyl (C=O) groups excluding carboxylic acids is 1. The van der Waals surface area contributed by atoms with Crippen LogP contribution in [0, 0.1) is 5.92 Å². The third-order valence-electron chi connectivity index (χ3n) is 5.50. The summed E-state index contributed by atoms with van der Waals surface area (Å²) in [5, 5.41) is 3.62. The topological polar surface area (TPSA) is 78.3 Å². The highest BCUT2D eigenvalue weighted by Gasteiger charge is 2.43. The molecule has 4 rings (SSSR count). The third kappa shape index (κ3) is 4.99. The second-order valence-electron chi connectivity index (χ2n) is 9.34. The Morgan fingerprint density at radius 1 is 1.28 bits per heavy atom. The van der Waals surface area contributed by atoms with Gasteiger partial charge in [0.05, 0.1) is 13.0 Å². The molecule has 7 nitrogen and oxygen atoms in total. The van der Waals surface area contributed by atoms with E-state index in [1.165, 1.54) is 0 Å². The second-order valence-corrected chi connectivity index (χ2v) is 15.0. The van der Waals surface area contributed by atoms with Crippen LogP contribution in [0.5, 0.6) is 5.88 Å². The monoisotopic (exact) mass is 456 g/mol. The standard InChI is InChI=1S/C23H29FN4O3Si/c1-30-23-16(6-5-9-25-23)18-13-28(14-31-10-11-32(2,3)4)21-15(18)7-8-20(26-21)27-22(29)17-12-19(17)24/h5-9,13,17,19H,10-12,14H2,1-4H3,(H,26,27,29)/t17-,19+/m1/s1. The van der Waals surface area contributed by atoms with Crippen LogP contribution in [0.25, 0.3) is 22.2 Å². The summed E-state index contributed by atoms with van der Waals surface area (Å²) in [7, 11) is 0.390. The Morgan fingerprint density at radius 2 is 2.06 bits per heavy atom. The molecule has 3 aromatic rings. The van der Waals surface area contributed by atoms with E-state index in [9.17, 15) is 9.18 Å². The average molecular weight is 457 g/mol. The first-order valence-corrected chi connectivity index (χ1v) is 14.5. The van der Waals surface area contributed by atoms with Crippen LogP contribution in [-0.4, -0.2) is 48.4 Å². The molecule has 1 aliphatic carbocycles. The highest BCUT2D eigenvalue weighted by Crippen LogP contribution is 2.36. The van der Waals surface area contributed by atoms with Crippen LogP contribution < -0.4 is 10.1 Å². The van der Waals surface area contributed by atoms with Gasteiger partial charge in [-0.05, 0) is 36.7 Å². The van der Waals surface area contributed by atoms with Gasteiger partial charge >= 0.3 is 0 Å². The molecule has 3 heterocycles. The smallest absolute Gasteiger partial charge is 0.231 e. The van der Waals surface area contributed by atoms with E-state index in [-0.39, 0.29) is 12.3 Å². The Hall–Kier alpha value is -2.78. The fourth-order valence-electron chi connectivity index (χ4n) is 3.50. The SMILES string of the molecule is COc1ncccc1-c1cn(COCC[Si](C)(C)C)c2nc(NC(=O)[C@@H]3C[C@@H]3F)ccc12. The van der Waals surface area contributed by atoms with Gasteiger partial charge in [0.2, 0.25) is 11.8 Å². The highest BCUT2D eigenvalue weighted by molar-refractivity contribution is 6.76. The number of rotatable bonds is 9. The van der Waals surface area contributed by atoms with Crippen molar-refractivity contribution in [3.8, 4) is 17.0 Å². The van der Waals surface area contributed by atoms with Crippen molar-refractivity contribution in [3.63, 3.8) is 0 Å². The van der Waals surface area contributed by atoms with Crippen LogP contribution >= 0.6 is 0 Å². The molecular weight excluding hydrogens is 427 g/mol. The van der Waals surface area contributed by atoms with E-state index in [1.54, 1.807) is 19.4 Å². The predicted octanol–water partition coefficient (Wildman–Crippen LogP) is 4.72. The van der Waals surface area contributed by atoms with E-state index in [2.05, 4.69) is 34.9 Å². The minimum Gasteiger partial charge on any atom is -0.481 e. The van der Waals surface area contributed by atoms with E-state index in [4.69, 9.17) is 9.47 Å². The van der Waals surface area contributed by atoms with Gasteiger partial charge in [-0.2, -0.15) is 0 Å². The minimum absolute atomic E-state index is 0.278. The zero-order chi connectivity index (χ0) is 22.9. The summed E-state index contributed by atoms with van der Waals surface area (Å²) in [6, 6.07) is 8.50. The molecule has 1 fully saturated rings. The fourth-order valence-corrected chi connectivity index (χ4v) is 4.26. The molecule has 1 amide bonds. The van der Waals surface area contributed by atoms with Crippen molar-refractivity contribution in [2.24, 2.45) is 5.92 Å². The number of anilines is 1. The third-order valence-corrected chi connectivity index (χ3v) is 7.21. The molecule has 3 aromatic heterocycles. The molecule has 0 saturated heterocycles. The number of carbonyl (C=O) groups is 1. The van der Waals surface area contributed by atoms with Crippen LogP contribution in [0.15, 0.2) is 36.7 Å². The molecule has 1 saturated carbocycles. The quantitative estimate of drug-likeness (QED) is 0.372. The molecular formula is C23H29FN4O3Si. The van der Waals surface area contributed by atoms with E-state index < -0.39 is 20.2 Å².